The standard InChI is InChI=1S/C18H25N5O2/c24-18(13-21-4-1-2-5-21)23-7-8-25-14-15(11-23)9-16-12-22-6-3-19-17(22)10-20-16/h3,6,10,12,15H,1-2,4-5,7-9,11,13-14H2/t15-/m1/s1. The van der Waals surface area contributed by atoms with Gasteiger partial charge in [-0.05, 0) is 32.4 Å². The molecule has 134 valence electrons. The highest BCUT2D eigenvalue weighted by Gasteiger charge is 2.25. The number of aromatic nitrogens is 3. The van der Waals surface area contributed by atoms with E-state index in [1.807, 2.05) is 21.7 Å². The van der Waals surface area contributed by atoms with Gasteiger partial charge in [-0.3, -0.25) is 14.7 Å². The number of ether oxygens (including phenoxy) is 1. The van der Waals surface area contributed by atoms with Crippen molar-refractivity contribution in [1.82, 2.24) is 24.2 Å². The summed E-state index contributed by atoms with van der Waals surface area (Å²) in [6.07, 6.45) is 10.7. The van der Waals surface area contributed by atoms with Gasteiger partial charge in [-0.1, -0.05) is 0 Å². The van der Waals surface area contributed by atoms with Crippen molar-refractivity contribution in [3.8, 4) is 0 Å². The Hall–Kier alpha value is -1.99. The zero-order valence-corrected chi connectivity index (χ0v) is 14.5. The van der Waals surface area contributed by atoms with Crippen LogP contribution in [0.15, 0.2) is 24.8 Å². The van der Waals surface area contributed by atoms with Gasteiger partial charge in [-0.2, -0.15) is 0 Å². The molecule has 2 saturated heterocycles. The minimum Gasteiger partial charge on any atom is -0.379 e. The summed E-state index contributed by atoms with van der Waals surface area (Å²) < 4.78 is 7.73. The molecule has 0 aliphatic carbocycles. The number of hydrogen-bond acceptors (Lipinski definition) is 5. The average Bonchev–Trinajstić information content (AvgIpc) is 3.23. The molecule has 1 atom stereocenters. The largest absolute Gasteiger partial charge is 0.379 e. The lowest BCUT2D eigenvalue weighted by molar-refractivity contribution is -0.132. The van der Waals surface area contributed by atoms with Crippen LogP contribution in [0, 0.1) is 5.92 Å². The fourth-order valence-corrected chi connectivity index (χ4v) is 3.73. The lowest BCUT2D eigenvalue weighted by Gasteiger charge is -2.25. The topological polar surface area (TPSA) is 63.0 Å². The van der Waals surface area contributed by atoms with Crippen LogP contribution in [0.4, 0.5) is 0 Å². The lowest BCUT2D eigenvalue weighted by atomic mass is 10.0. The summed E-state index contributed by atoms with van der Waals surface area (Å²) in [7, 11) is 0. The van der Waals surface area contributed by atoms with Gasteiger partial charge in [-0.15, -0.1) is 0 Å². The van der Waals surface area contributed by atoms with E-state index in [0.717, 1.165) is 37.4 Å². The first-order valence-electron chi connectivity index (χ1n) is 9.13. The van der Waals surface area contributed by atoms with E-state index in [1.165, 1.54) is 12.8 Å². The molecule has 0 unspecified atom stereocenters. The second kappa shape index (κ2) is 7.49. The Kier molecular flexibility index (Phi) is 4.94. The highest BCUT2D eigenvalue weighted by atomic mass is 16.5. The summed E-state index contributed by atoms with van der Waals surface area (Å²) in [6.45, 7) is 5.38. The van der Waals surface area contributed by atoms with Gasteiger partial charge in [-0.25, -0.2) is 4.98 Å². The number of hydrogen-bond donors (Lipinski definition) is 0. The van der Waals surface area contributed by atoms with Gasteiger partial charge in [0, 0.05) is 37.6 Å². The zero-order chi connectivity index (χ0) is 17.1. The molecular formula is C18H25N5O2. The van der Waals surface area contributed by atoms with E-state index in [0.29, 0.717) is 26.3 Å². The first-order valence-corrected chi connectivity index (χ1v) is 9.13. The van der Waals surface area contributed by atoms with Crippen LogP contribution in [-0.2, 0) is 16.0 Å². The van der Waals surface area contributed by atoms with E-state index in [4.69, 9.17) is 4.74 Å². The van der Waals surface area contributed by atoms with Crippen molar-refractivity contribution < 1.29 is 9.53 Å². The molecule has 0 bridgehead atoms. The first-order chi connectivity index (χ1) is 12.3. The SMILES string of the molecule is O=C(CN1CCCC1)N1CCOC[C@H](Cc2cn3ccnc3cn2)C1. The molecule has 1 amide bonds. The molecule has 25 heavy (non-hydrogen) atoms. The van der Waals surface area contributed by atoms with Crippen molar-refractivity contribution in [3.63, 3.8) is 0 Å². The molecule has 2 fully saturated rings. The molecule has 4 rings (SSSR count). The maximum Gasteiger partial charge on any atom is 0.236 e. The molecule has 2 aromatic heterocycles. The summed E-state index contributed by atoms with van der Waals surface area (Å²) in [4.78, 5) is 25.6. The zero-order valence-electron chi connectivity index (χ0n) is 14.5. The second-order valence-electron chi connectivity index (χ2n) is 7.04. The Morgan fingerprint density at radius 2 is 2.12 bits per heavy atom. The molecule has 0 saturated carbocycles. The summed E-state index contributed by atoms with van der Waals surface area (Å²) in [5, 5.41) is 0. The monoisotopic (exact) mass is 343 g/mol. The van der Waals surface area contributed by atoms with Gasteiger partial charge in [0.1, 0.15) is 0 Å². The van der Waals surface area contributed by atoms with E-state index < -0.39 is 0 Å². The molecule has 0 N–H and O–H groups in total. The van der Waals surface area contributed by atoms with Gasteiger partial charge < -0.3 is 14.0 Å². The van der Waals surface area contributed by atoms with Crippen LogP contribution in [0.5, 0.6) is 0 Å². The average molecular weight is 343 g/mol. The Labute approximate surface area is 147 Å². The highest BCUT2D eigenvalue weighted by molar-refractivity contribution is 5.78. The molecule has 2 aromatic rings. The van der Waals surface area contributed by atoms with Crippen molar-refractivity contribution in [1.29, 1.82) is 0 Å². The third-order valence-corrected chi connectivity index (χ3v) is 5.08. The molecule has 2 aliphatic heterocycles. The molecule has 0 aromatic carbocycles. The van der Waals surface area contributed by atoms with Gasteiger partial charge in [0.2, 0.25) is 5.91 Å². The quantitative estimate of drug-likeness (QED) is 0.823. The van der Waals surface area contributed by atoms with Crippen LogP contribution in [0.3, 0.4) is 0 Å². The molecule has 7 heteroatoms. The van der Waals surface area contributed by atoms with Gasteiger partial charge >= 0.3 is 0 Å². The van der Waals surface area contributed by atoms with Crippen molar-refractivity contribution in [2.24, 2.45) is 5.92 Å². The third kappa shape index (κ3) is 3.99. The van der Waals surface area contributed by atoms with E-state index >= 15 is 0 Å². The number of amides is 1. The van der Waals surface area contributed by atoms with Gasteiger partial charge in [0.05, 0.1) is 31.6 Å². The summed E-state index contributed by atoms with van der Waals surface area (Å²) >= 11 is 0. The number of imidazole rings is 1. The predicted octanol–water partition coefficient (Wildman–Crippen LogP) is 0.843. The number of rotatable bonds is 4. The maximum absolute atomic E-state index is 12.6. The van der Waals surface area contributed by atoms with E-state index in [2.05, 4.69) is 14.9 Å². The molecule has 0 radical (unpaired) electrons. The van der Waals surface area contributed by atoms with E-state index in [1.54, 1.807) is 12.4 Å². The second-order valence-corrected chi connectivity index (χ2v) is 7.04. The van der Waals surface area contributed by atoms with E-state index in [9.17, 15) is 4.79 Å². The third-order valence-electron chi connectivity index (χ3n) is 5.08. The van der Waals surface area contributed by atoms with Crippen molar-refractivity contribution in [2.45, 2.75) is 19.3 Å². The van der Waals surface area contributed by atoms with E-state index in [-0.39, 0.29) is 11.8 Å². The minimum absolute atomic E-state index is 0.232. The summed E-state index contributed by atoms with van der Waals surface area (Å²) in [5.74, 6) is 0.508. The maximum atomic E-state index is 12.6. The Morgan fingerprint density at radius 1 is 1.24 bits per heavy atom. The van der Waals surface area contributed by atoms with Gasteiger partial charge in [0.15, 0.2) is 5.65 Å². The van der Waals surface area contributed by atoms with Crippen LogP contribution in [0.25, 0.3) is 5.65 Å². The minimum atomic E-state index is 0.232. The van der Waals surface area contributed by atoms with Crippen LogP contribution in [-0.4, -0.2) is 76.0 Å². The molecule has 2 aliphatic rings. The fourth-order valence-electron chi connectivity index (χ4n) is 3.73. The van der Waals surface area contributed by atoms with Crippen LogP contribution in [0.2, 0.25) is 0 Å². The predicted molar refractivity (Wildman–Crippen MR) is 93.3 cm³/mol. The summed E-state index contributed by atoms with van der Waals surface area (Å²) in [6, 6.07) is 0. The smallest absolute Gasteiger partial charge is 0.236 e. The lowest BCUT2D eigenvalue weighted by Crippen LogP contribution is -2.42. The van der Waals surface area contributed by atoms with Crippen LogP contribution in [0.1, 0.15) is 18.5 Å². The highest BCUT2D eigenvalue weighted by Crippen LogP contribution is 2.15. The first kappa shape index (κ1) is 16.5. The van der Waals surface area contributed by atoms with Gasteiger partial charge in [0.25, 0.3) is 0 Å². The molecule has 7 nitrogen and oxygen atoms in total. The van der Waals surface area contributed by atoms with Crippen LogP contribution >= 0.6 is 0 Å². The molecule has 4 heterocycles. The Balaban J connectivity index is 1.39. The number of carbonyl (C=O) groups excluding carboxylic acids is 1. The van der Waals surface area contributed by atoms with Crippen molar-refractivity contribution in [3.05, 3.63) is 30.5 Å². The molecule has 0 spiro atoms. The van der Waals surface area contributed by atoms with Crippen molar-refractivity contribution >= 4 is 11.6 Å². The van der Waals surface area contributed by atoms with Crippen LogP contribution < -0.4 is 0 Å². The Bertz CT molecular complexity index is 725. The summed E-state index contributed by atoms with van der Waals surface area (Å²) in [5.41, 5.74) is 1.86. The number of nitrogens with zero attached hydrogens (tertiary/aromatic N) is 5. The number of likely N-dealkylation sites (tertiary alicyclic amines) is 1. The fraction of sp³-hybridized carbons (Fsp3) is 0.611. The normalized spacial score (nSPS) is 22.4. The van der Waals surface area contributed by atoms with Crippen molar-refractivity contribution in [2.75, 3.05) is 45.9 Å². The molecular weight excluding hydrogens is 318 g/mol. The number of carbonyl (C=O) groups is 1. The Morgan fingerprint density at radius 3 is 3.00 bits per heavy atom. The number of fused-ring (bicyclic) bond motifs is 1.